The van der Waals surface area contributed by atoms with Crippen LogP contribution >= 0.6 is 11.6 Å². The molecule has 1 N–H and O–H groups in total. The Morgan fingerprint density at radius 3 is 2.60 bits per heavy atom. The van der Waals surface area contributed by atoms with E-state index in [1.807, 2.05) is 0 Å². The predicted molar refractivity (Wildman–Crippen MR) is 80.5 cm³/mol. The number of carbonyl (C=O) groups excluding carboxylic acids is 2. The second-order valence-corrected chi connectivity index (χ2v) is 6.41. The fourth-order valence-electron chi connectivity index (χ4n) is 2.20. The number of ketones is 1. The van der Waals surface area contributed by atoms with Crippen LogP contribution in [0.3, 0.4) is 0 Å². The number of benzene rings is 1. The maximum Gasteiger partial charge on any atom is 0.299 e. The molecule has 0 atom stereocenters. The van der Waals surface area contributed by atoms with E-state index in [0.29, 0.717) is 22.8 Å². The number of anilines is 1. The van der Waals surface area contributed by atoms with E-state index in [1.54, 1.807) is 23.1 Å². The van der Waals surface area contributed by atoms with Crippen molar-refractivity contribution in [1.29, 1.82) is 0 Å². The van der Waals surface area contributed by atoms with Gasteiger partial charge < -0.3 is 10.2 Å². The number of hydrogen-bond acceptors (Lipinski definition) is 3. The Bertz CT molecular complexity index is 549. The van der Waals surface area contributed by atoms with Gasteiger partial charge in [0.15, 0.2) is 0 Å². The summed E-state index contributed by atoms with van der Waals surface area (Å²) >= 11 is 5.87. The first-order chi connectivity index (χ1) is 9.29. The molecule has 1 aromatic carbocycles. The summed E-state index contributed by atoms with van der Waals surface area (Å²) in [5.74, 6) is -0.927. The van der Waals surface area contributed by atoms with Crippen LogP contribution in [0.4, 0.5) is 5.69 Å². The Morgan fingerprint density at radius 2 is 1.95 bits per heavy atom. The molecule has 5 heteroatoms. The van der Waals surface area contributed by atoms with Gasteiger partial charge in [0, 0.05) is 17.1 Å². The molecule has 0 spiro atoms. The molecule has 2 rings (SSSR count). The van der Waals surface area contributed by atoms with Gasteiger partial charge in [0.1, 0.15) is 0 Å². The largest absolute Gasteiger partial charge is 0.312 e. The number of fused-ring (bicyclic) bond motifs is 1. The molecule has 1 amide bonds. The number of rotatable bonds is 4. The van der Waals surface area contributed by atoms with Crippen molar-refractivity contribution in [2.24, 2.45) is 0 Å². The zero-order valence-corrected chi connectivity index (χ0v) is 12.8. The Balaban J connectivity index is 2.03. The van der Waals surface area contributed by atoms with Gasteiger partial charge in [0.05, 0.1) is 11.3 Å². The van der Waals surface area contributed by atoms with E-state index in [4.69, 9.17) is 11.6 Å². The van der Waals surface area contributed by atoms with Crippen molar-refractivity contribution in [1.82, 2.24) is 5.32 Å². The van der Waals surface area contributed by atoms with E-state index in [2.05, 4.69) is 26.1 Å². The lowest BCUT2D eigenvalue weighted by Crippen LogP contribution is -2.38. The fraction of sp³-hybridized carbons (Fsp3) is 0.467. The topological polar surface area (TPSA) is 49.4 Å². The normalized spacial score (nSPS) is 14.9. The highest BCUT2D eigenvalue weighted by atomic mass is 35.5. The quantitative estimate of drug-likeness (QED) is 0.686. The van der Waals surface area contributed by atoms with Gasteiger partial charge in [-0.1, -0.05) is 11.6 Å². The van der Waals surface area contributed by atoms with E-state index in [0.717, 1.165) is 13.0 Å². The first kappa shape index (κ1) is 15.0. The van der Waals surface area contributed by atoms with Gasteiger partial charge in [-0.25, -0.2) is 0 Å². The Morgan fingerprint density at radius 1 is 1.25 bits per heavy atom. The molecule has 1 aliphatic heterocycles. The van der Waals surface area contributed by atoms with Crippen LogP contribution in [0.15, 0.2) is 18.2 Å². The van der Waals surface area contributed by atoms with Crippen LogP contribution in [0.25, 0.3) is 0 Å². The number of carbonyl (C=O) groups is 2. The van der Waals surface area contributed by atoms with E-state index in [-0.39, 0.29) is 5.54 Å². The van der Waals surface area contributed by atoms with Crippen LogP contribution in [0.2, 0.25) is 5.02 Å². The number of Topliss-reactive ketones (excluding diaryl/α,β-unsaturated/α-hetero) is 1. The van der Waals surface area contributed by atoms with E-state index >= 15 is 0 Å². The van der Waals surface area contributed by atoms with Crippen molar-refractivity contribution in [2.45, 2.75) is 32.7 Å². The molecular weight excluding hydrogens is 276 g/mol. The average molecular weight is 295 g/mol. The first-order valence-corrected chi connectivity index (χ1v) is 7.08. The highest BCUT2D eigenvalue weighted by molar-refractivity contribution is 6.52. The van der Waals surface area contributed by atoms with Gasteiger partial charge >= 0.3 is 0 Å². The summed E-state index contributed by atoms with van der Waals surface area (Å²) < 4.78 is 0. The lowest BCUT2D eigenvalue weighted by atomic mass is 10.1. The summed E-state index contributed by atoms with van der Waals surface area (Å²) in [4.78, 5) is 25.4. The third-order valence-electron chi connectivity index (χ3n) is 3.15. The number of amides is 1. The smallest absolute Gasteiger partial charge is 0.299 e. The van der Waals surface area contributed by atoms with Crippen molar-refractivity contribution in [2.75, 3.05) is 18.0 Å². The minimum absolute atomic E-state index is 0.0519. The van der Waals surface area contributed by atoms with Crippen LogP contribution in [0.5, 0.6) is 0 Å². The molecule has 0 unspecified atom stereocenters. The molecule has 0 aliphatic carbocycles. The summed E-state index contributed by atoms with van der Waals surface area (Å²) in [6.45, 7) is 7.60. The zero-order chi connectivity index (χ0) is 14.9. The summed E-state index contributed by atoms with van der Waals surface area (Å²) in [6, 6.07) is 4.99. The summed E-state index contributed by atoms with van der Waals surface area (Å²) in [5, 5.41) is 3.83. The molecule has 4 nitrogen and oxygen atoms in total. The zero-order valence-electron chi connectivity index (χ0n) is 12.0. The molecule has 108 valence electrons. The molecule has 0 fully saturated rings. The lowest BCUT2D eigenvalue weighted by Gasteiger charge is -2.22. The number of nitrogens with one attached hydrogen (secondary N) is 1. The third-order valence-corrected chi connectivity index (χ3v) is 3.38. The molecule has 1 aromatic rings. The maximum atomic E-state index is 12.0. The molecule has 0 bridgehead atoms. The molecule has 0 saturated heterocycles. The third kappa shape index (κ3) is 3.19. The summed E-state index contributed by atoms with van der Waals surface area (Å²) in [7, 11) is 0. The van der Waals surface area contributed by atoms with Crippen molar-refractivity contribution < 1.29 is 9.59 Å². The monoisotopic (exact) mass is 294 g/mol. The summed E-state index contributed by atoms with van der Waals surface area (Å²) in [5.41, 5.74) is 1.13. The maximum absolute atomic E-state index is 12.0. The number of nitrogens with zero attached hydrogens (tertiary/aromatic N) is 1. The minimum atomic E-state index is -0.466. The highest BCUT2D eigenvalue weighted by Crippen LogP contribution is 2.31. The van der Waals surface area contributed by atoms with Crippen molar-refractivity contribution in [3.8, 4) is 0 Å². The van der Waals surface area contributed by atoms with Crippen LogP contribution in [0.1, 0.15) is 37.6 Å². The molecule has 0 aromatic heterocycles. The van der Waals surface area contributed by atoms with Crippen LogP contribution in [-0.2, 0) is 4.79 Å². The number of hydrogen-bond donors (Lipinski definition) is 1. The predicted octanol–water partition coefficient (Wildman–Crippen LogP) is 2.65. The molecular formula is C15H19ClN2O2. The second kappa shape index (κ2) is 5.54. The van der Waals surface area contributed by atoms with Crippen LogP contribution in [0, 0.1) is 0 Å². The van der Waals surface area contributed by atoms with Crippen molar-refractivity contribution in [3.63, 3.8) is 0 Å². The summed E-state index contributed by atoms with van der Waals surface area (Å²) in [6.07, 6.45) is 0.790. The average Bonchev–Trinajstić information content (AvgIpc) is 2.58. The Labute approximate surface area is 124 Å². The minimum Gasteiger partial charge on any atom is -0.312 e. The lowest BCUT2D eigenvalue weighted by molar-refractivity contribution is -0.114. The molecule has 20 heavy (non-hydrogen) atoms. The molecule has 1 heterocycles. The van der Waals surface area contributed by atoms with Crippen LogP contribution < -0.4 is 10.2 Å². The molecule has 0 radical (unpaired) electrons. The van der Waals surface area contributed by atoms with Gasteiger partial charge in [-0.05, 0) is 51.9 Å². The first-order valence-electron chi connectivity index (χ1n) is 6.70. The molecule has 1 aliphatic rings. The van der Waals surface area contributed by atoms with E-state index < -0.39 is 11.7 Å². The fourth-order valence-corrected chi connectivity index (χ4v) is 2.37. The van der Waals surface area contributed by atoms with Gasteiger partial charge in [-0.3, -0.25) is 9.59 Å². The van der Waals surface area contributed by atoms with E-state index in [9.17, 15) is 9.59 Å². The van der Waals surface area contributed by atoms with Crippen molar-refractivity contribution >= 4 is 29.0 Å². The van der Waals surface area contributed by atoms with Crippen molar-refractivity contribution in [3.05, 3.63) is 28.8 Å². The second-order valence-electron chi connectivity index (χ2n) is 5.98. The molecule has 0 saturated carbocycles. The Kier molecular flexibility index (Phi) is 4.16. The number of halogens is 1. The SMILES string of the molecule is CC(C)(C)NCCCN1C(=O)C(=O)c2cc(Cl)ccc21. The Hall–Kier alpha value is -1.39. The van der Waals surface area contributed by atoms with E-state index in [1.165, 1.54) is 0 Å². The standard InChI is InChI=1S/C15H19ClN2O2/c1-15(2,3)17-7-4-8-18-12-6-5-10(16)9-11(12)13(19)14(18)20/h5-6,9,17H,4,7-8H2,1-3H3. The van der Waals surface area contributed by atoms with Gasteiger partial charge in [-0.2, -0.15) is 0 Å². The van der Waals surface area contributed by atoms with Gasteiger partial charge in [-0.15, -0.1) is 0 Å². The van der Waals surface area contributed by atoms with Crippen LogP contribution in [-0.4, -0.2) is 30.3 Å². The van der Waals surface area contributed by atoms with Gasteiger partial charge in [0.25, 0.3) is 11.7 Å². The highest BCUT2D eigenvalue weighted by Gasteiger charge is 2.35. The van der Waals surface area contributed by atoms with Gasteiger partial charge in [0.2, 0.25) is 0 Å².